The highest BCUT2D eigenvalue weighted by Crippen LogP contribution is 2.42. The number of guanidine groups is 1. The molecule has 0 saturated carbocycles. The number of aliphatic imine (C=N–C) groups is 2. The minimum atomic E-state index is -0.617. The molecule has 2 aliphatic rings. The van der Waals surface area contributed by atoms with E-state index in [4.69, 9.17) is 15.7 Å². The molecule has 6 heteroatoms. The van der Waals surface area contributed by atoms with Gasteiger partial charge in [0.25, 0.3) is 0 Å². The first-order valence-corrected chi connectivity index (χ1v) is 8.92. The van der Waals surface area contributed by atoms with Crippen LogP contribution in [0.2, 0.25) is 0 Å². The van der Waals surface area contributed by atoms with Gasteiger partial charge in [0.1, 0.15) is 5.84 Å². The lowest BCUT2D eigenvalue weighted by Gasteiger charge is -2.32. The molecule has 0 unspecified atom stereocenters. The minimum Gasteiger partial charge on any atom is -0.369 e. The van der Waals surface area contributed by atoms with Crippen LogP contribution in [-0.4, -0.2) is 29.8 Å². The number of rotatable bonds is 2. The van der Waals surface area contributed by atoms with Gasteiger partial charge in [-0.2, -0.15) is 11.3 Å². The molecule has 3 heterocycles. The van der Waals surface area contributed by atoms with Crippen molar-refractivity contribution in [3.05, 3.63) is 56.7 Å². The minimum absolute atomic E-state index is 0.560. The van der Waals surface area contributed by atoms with Gasteiger partial charge in [-0.15, -0.1) is 0 Å². The zero-order valence-electron chi connectivity index (χ0n) is 11.9. The summed E-state index contributed by atoms with van der Waals surface area (Å²) in [5.74, 6) is 1.51. The lowest BCUT2D eigenvalue weighted by molar-refractivity contribution is 0.531. The Balaban J connectivity index is 2.00. The Kier molecular flexibility index (Phi) is 3.31. The average Bonchev–Trinajstić information content (AvgIpc) is 3.15. The number of nitrogens with zero attached hydrogens (tertiary/aromatic N) is 3. The van der Waals surface area contributed by atoms with Crippen LogP contribution in [0.1, 0.15) is 17.5 Å². The van der Waals surface area contributed by atoms with Crippen LogP contribution < -0.4 is 5.73 Å². The van der Waals surface area contributed by atoms with Crippen LogP contribution in [0.25, 0.3) is 0 Å². The van der Waals surface area contributed by atoms with E-state index in [0.717, 1.165) is 40.9 Å². The summed E-state index contributed by atoms with van der Waals surface area (Å²) in [6, 6.07) is 10.4. The third-order valence-electron chi connectivity index (χ3n) is 4.12. The Bertz CT molecular complexity index is 768. The van der Waals surface area contributed by atoms with E-state index in [1.807, 2.05) is 12.1 Å². The highest BCUT2D eigenvalue weighted by molar-refractivity contribution is 9.10. The Morgan fingerprint density at radius 2 is 2.18 bits per heavy atom. The van der Waals surface area contributed by atoms with E-state index in [-0.39, 0.29) is 0 Å². The van der Waals surface area contributed by atoms with Crippen molar-refractivity contribution in [1.29, 1.82) is 0 Å². The molecule has 0 radical (unpaired) electrons. The maximum atomic E-state index is 6.23. The molecule has 2 N–H and O–H groups in total. The van der Waals surface area contributed by atoms with Crippen LogP contribution in [-0.2, 0) is 5.54 Å². The predicted molar refractivity (Wildman–Crippen MR) is 94.5 cm³/mol. The molecule has 0 saturated heterocycles. The maximum Gasteiger partial charge on any atom is 0.198 e. The molecule has 2 aliphatic heterocycles. The highest BCUT2D eigenvalue weighted by atomic mass is 79.9. The fraction of sp³-hybridized carbons (Fsp3) is 0.250. The van der Waals surface area contributed by atoms with Crippen LogP contribution >= 0.6 is 27.3 Å². The van der Waals surface area contributed by atoms with Gasteiger partial charge in [-0.05, 0) is 40.9 Å². The Morgan fingerprint density at radius 3 is 2.95 bits per heavy atom. The second-order valence-electron chi connectivity index (χ2n) is 5.41. The number of benzene rings is 1. The molecule has 1 atom stereocenters. The number of amidine groups is 1. The van der Waals surface area contributed by atoms with Crippen molar-refractivity contribution in [1.82, 2.24) is 4.90 Å². The molecule has 0 aliphatic carbocycles. The average molecular weight is 375 g/mol. The lowest BCUT2D eigenvalue weighted by atomic mass is 9.83. The van der Waals surface area contributed by atoms with E-state index in [1.165, 1.54) is 0 Å². The first-order valence-electron chi connectivity index (χ1n) is 7.18. The molecule has 112 valence electrons. The molecular formula is C16H15BrN4S. The van der Waals surface area contributed by atoms with E-state index in [2.05, 4.69) is 49.8 Å². The van der Waals surface area contributed by atoms with E-state index in [1.54, 1.807) is 11.3 Å². The molecule has 0 spiro atoms. The Morgan fingerprint density at radius 1 is 1.27 bits per heavy atom. The number of nitrogens with two attached hydrogens (primary N) is 1. The summed E-state index contributed by atoms with van der Waals surface area (Å²) in [5.41, 5.74) is 7.83. The summed E-state index contributed by atoms with van der Waals surface area (Å²) < 4.78 is 1.03. The number of fused-ring (bicyclic) bond motifs is 1. The van der Waals surface area contributed by atoms with Crippen molar-refractivity contribution in [2.75, 3.05) is 13.1 Å². The quantitative estimate of drug-likeness (QED) is 0.877. The number of hydrogen-bond acceptors (Lipinski definition) is 5. The molecule has 0 bridgehead atoms. The van der Waals surface area contributed by atoms with E-state index in [0.29, 0.717) is 5.96 Å². The summed E-state index contributed by atoms with van der Waals surface area (Å²) in [7, 11) is 0. The topological polar surface area (TPSA) is 54.0 Å². The molecule has 22 heavy (non-hydrogen) atoms. The van der Waals surface area contributed by atoms with Crippen LogP contribution in [0.5, 0.6) is 0 Å². The number of thiophene rings is 1. The molecular weight excluding hydrogens is 360 g/mol. The van der Waals surface area contributed by atoms with Crippen molar-refractivity contribution in [2.24, 2.45) is 15.7 Å². The third-order valence-corrected chi connectivity index (χ3v) is 5.30. The molecule has 1 aromatic carbocycles. The summed E-state index contributed by atoms with van der Waals surface area (Å²) >= 11 is 5.24. The molecule has 0 amide bonds. The molecule has 0 fully saturated rings. The van der Waals surface area contributed by atoms with Crippen LogP contribution in [0.3, 0.4) is 0 Å². The van der Waals surface area contributed by atoms with Gasteiger partial charge in [0.05, 0.1) is 0 Å². The van der Waals surface area contributed by atoms with Crippen molar-refractivity contribution in [3.8, 4) is 0 Å². The van der Waals surface area contributed by atoms with E-state index < -0.39 is 5.54 Å². The zero-order valence-corrected chi connectivity index (χ0v) is 14.3. The maximum absolute atomic E-state index is 6.23. The largest absolute Gasteiger partial charge is 0.369 e. The fourth-order valence-corrected chi connectivity index (χ4v) is 4.26. The summed E-state index contributed by atoms with van der Waals surface area (Å²) in [6.07, 6.45) is 1.01. The summed E-state index contributed by atoms with van der Waals surface area (Å²) in [5, 5.41) is 4.21. The lowest BCUT2D eigenvalue weighted by Crippen LogP contribution is -2.46. The van der Waals surface area contributed by atoms with Crippen LogP contribution in [0, 0.1) is 0 Å². The van der Waals surface area contributed by atoms with Gasteiger partial charge < -0.3 is 5.73 Å². The van der Waals surface area contributed by atoms with Crippen molar-refractivity contribution in [3.63, 3.8) is 0 Å². The fourth-order valence-electron chi connectivity index (χ4n) is 3.16. The summed E-state index contributed by atoms with van der Waals surface area (Å²) in [4.78, 5) is 11.7. The number of halogens is 1. The molecule has 1 aromatic heterocycles. The molecule has 4 rings (SSSR count). The normalized spacial score (nSPS) is 24.0. The molecule has 4 nitrogen and oxygen atoms in total. The van der Waals surface area contributed by atoms with Crippen LogP contribution in [0.15, 0.2) is 55.5 Å². The van der Waals surface area contributed by atoms with Crippen molar-refractivity contribution >= 4 is 39.1 Å². The van der Waals surface area contributed by atoms with Crippen molar-refractivity contribution < 1.29 is 0 Å². The third kappa shape index (κ3) is 1.94. The highest BCUT2D eigenvalue weighted by Gasteiger charge is 2.49. The van der Waals surface area contributed by atoms with Crippen LogP contribution in [0.4, 0.5) is 0 Å². The van der Waals surface area contributed by atoms with E-state index >= 15 is 0 Å². The SMILES string of the molecule is NC1=N[C@@](c2ccsc2)(c2cccc(Br)c2)C2=NCCCN12. The van der Waals surface area contributed by atoms with Gasteiger partial charge in [0.2, 0.25) is 0 Å². The van der Waals surface area contributed by atoms with Crippen molar-refractivity contribution in [2.45, 2.75) is 12.0 Å². The first kappa shape index (κ1) is 14.0. The Hall–Kier alpha value is -1.66. The zero-order chi connectivity index (χ0) is 15.2. The Labute approximate surface area is 141 Å². The summed E-state index contributed by atoms with van der Waals surface area (Å²) in [6.45, 7) is 1.71. The van der Waals surface area contributed by atoms with Gasteiger partial charge in [-0.25, -0.2) is 4.99 Å². The van der Waals surface area contributed by atoms with Gasteiger partial charge >= 0.3 is 0 Å². The predicted octanol–water partition coefficient (Wildman–Crippen LogP) is 3.19. The first-order chi connectivity index (χ1) is 10.7. The second-order valence-corrected chi connectivity index (χ2v) is 7.11. The molecule has 2 aromatic rings. The monoisotopic (exact) mass is 374 g/mol. The van der Waals surface area contributed by atoms with Gasteiger partial charge in [-0.3, -0.25) is 9.89 Å². The second kappa shape index (κ2) is 5.21. The standard InChI is InChI=1S/C16H15BrN4S/c17-13-4-1-3-11(9-13)16(12-5-8-22-10-12)14-19-6-2-7-21(14)15(18)20-16/h1,3-5,8-10H,2,6-7H2,(H2,18,20)/t16-/m1/s1. The van der Waals surface area contributed by atoms with Gasteiger partial charge in [0.15, 0.2) is 11.5 Å². The van der Waals surface area contributed by atoms with E-state index in [9.17, 15) is 0 Å². The van der Waals surface area contributed by atoms with Gasteiger partial charge in [0, 0.05) is 23.1 Å². The smallest absolute Gasteiger partial charge is 0.198 e. The number of hydrogen-bond donors (Lipinski definition) is 1. The van der Waals surface area contributed by atoms with Gasteiger partial charge in [-0.1, -0.05) is 28.1 Å².